The van der Waals surface area contributed by atoms with Gasteiger partial charge in [0, 0.05) is 11.5 Å². The molecule has 2 aliphatic rings. The van der Waals surface area contributed by atoms with Crippen molar-refractivity contribution in [1.29, 1.82) is 5.41 Å². The zero-order chi connectivity index (χ0) is 26.5. The Balaban J connectivity index is 1.29. The monoisotopic (exact) mass is 527 g/mol. The largest absolute Gasteiger partial charge is 0.497 e. The van der Waals surface area contributed by atoms with E-state index in [2.05, 4.69) is 4.99 Å². The van der Waals surface area contributed by atoms with E-state index in [1.54, 1.807) is 49.5 Å². The quantitative estimate of drug-likeness (QED) is 0.292. The number of amidine groups is 2. The molecule has 3 aromatic carbocycles. The van der Waals surface area contributed by atoms with Gasteiger partial charge < -0.3 is 18.9 Å². The Kier molecular flexibility index (Phi) is 7.46. The number of amides is 1. The molecule has 192 valence electrons. The predicted molar refractivity (Wildman–Crippen MR) is 149 cm³/mol. The third-order valence-corrected chi connectivity index (χ3v) is 6.66. The van der Waals surface area contributed by atoms with E-state index in [-0.39, 0.29) is 11.4 Å². The topological polar surface area (TPSA) is 93.4 Å². The summed E-state index contributed by atoms with van der Waals surface area (Å²) in [6.45, 7) is 0.634. The van der Waals surface area contributed by atoms with Crippen molar-refractivity contribution in [2.75, 3.05) is 27.4 Å². The molecule has 2 aliphatic heterocycles. The van der Waals surface area contributed by atoms with E-state index in [0.717, 1.165) is 17.0 Å². The normalized spacial score (nSPS) is 15.6. The van der Waals surface area contributed by atoms with Crippen LogP contribution in [0.1, 0.15) is 11.1 Å². The Morgan fingerprint density at radius 2 is 1.68 bits per heavy atom. The number of nitrogens with one attached hydrogen (secondary N) is 1. The second-order valence-electron chi connectivity index (χ2n) is 8.21. The Morgan fingerprint density at radius 3 is 2.47 bits per heavy atom. The standard InChI is InChI=1S/C29H25N3O5S/c1-34-21-9-6-10-22(17-21)36-13-14-37-25-12-11-19(16-26(25)35-2)15-23-27(30)32-24(20-7-4-3-5-8-20)18-38-29(32)31-28(23)33/h3-12,15-18,30H,13-14H2,1-2H3. The zero-order valence-electron chi connectivity index (χ0n) is 20.8. The number of fused-ring (bicyclic) bond motifs is 1. The maximum Gasteiger partial charge on any atom is 0.283 e. The van der Waals surface area contributed by atoms with Crippen LogP contribution in [0.15, 0.2) is 88.8 Å². The maximum absolute atomic E-state index is 12.8. The van der Waals surface area contributed by atoms with Gasteiger partial charge >= 0.3 is 0 Å². The van der Waals surface area contributed by atoms with Crippen molar-refractivity contribution in [3.63, 3.8) is 0 Å². The van der Waals surface area contributed by atoms with Crippen LogP contribution in [0.3, 0.4) is 0 Å². The fourth-order valence-corrected chi connectivity index (χ4v) is 4.87. The van der Waals surface area contributed by atoms with E-state index in [9.17, 15) is 4.79 Å². The summed E-state index contributed by atoms with van der Waals surface area (Å²) in [5, 5.41) is 11.2. The number of methoxy groups -OCH3 is 2. The average Bonchev–Trinajstić information content (AvgIpc) is 3.38. The first kappa shape index (κ1) is 25.2. The van der Waals surface area contributed by atoms with Gasteiger partial charge in [0.2, 0.25) is 0 Å². The summed E-state index contributed by atoms with van der Waals surface area (Å²) in [4.78, 5) is 18.7. The molecule has 0 fully saturated rings. The second kappa shape index (κ2) is 11.3. The summed E-state index contributed by atoms with van der Waals surface area (Å²) in [6, 6.07) is 22.4. The molecule has 0 aliphatic carbocycles. The number of carbonyl (C=O) groups excluding carboxylic acids is 1. The average molecular weight is 528 g/mol. The van der Waals surface area contributed by atoms with Crippen molar-refractivity contribution < 1.29 is 23.7 Å². The molecule has 5 rings (SSSR count). The van der Waals surface area contributed by atoms with E-state index in [1.807, 2.05) is 53.9 Å². The highest BCUT2D eigenvalue weighted by Crippen LogP contribution is 2.37. The van der Waals surface area contributed by atoms with Crippen molar-refractivity contribution in [1.82, 2.24) is 4.90 Å². The molecule has 0 radical (unpaired) electrons. The molecule has 2 heterocycles. The Morgan fingerprint density at radius 1 is 0.895 bits per heavy atom. The summed E-state index contributed by atoms with van der Waals surface area (Å²) in [6.07, 6.45) is 1.65. The van der Waals surface area contributed by atoms with Crippen molar-refractivity contribution in [3.05, 3.63) is 94.9 Å². The highest BCUT2D eigenvalue weighted by Gasteiger charge is 2.36. The molecule has 0 saturated carbocycles. The smallest absolute Gasteiger partial charge is 0.283 e. The summed E-state index contributed by atoms with van der Waals surface area (Å²) in [5.41, 5.74) is 2.64. The van der Waals surface area contributed by atoms with E-state index in [1.165, 1.54) is 11.8 Å². The van der Waals surface area contributed by atoms with E-state index in [0.29, 0.717) is 41.2 Å². The van der Waals surface area contributed by atoms with Crippen LogP contribution in [0.5, 0.6) is 23.0 Å². The molecular formula is C29H25N3O5S. The number of hydrogen-bond donors (Lipinski definition) is 1. The molecule has 38 heavy (non-hydrogen) atoms. The van der Waals surface area contributed by atoms with Crippen LogP contribution < -0.4 is 18.9 Å². The molecule has 3 aromatic rings. The second-order valence-corrected chi connectivity index (χ2v) is 9.05. The zero-order valence-corrected chi connectivity index (χ0v) is 21.7. The van der Waals surface area contributed by atoms with Gasteiger partial charge in [-0.1, -0.05) is 54.2 Å². The fourth-order valence-electron chi connectivity index (χ4n) is 3.98. The molecule has 0 bridgehead atoms. The number of ether oxygens (including phenoxy) is 4. The molecule has 1 N–H and O–H groups in total. The van der Waals surface area contributed by atoms with Gasteiger partial charge in [-0.05, 0) is 41.5 Å². The van der Waals surface area contributed by atoms with E-state index in [4.69, 9.17) is 24.4 Å². The molecule has 0 saturated heterocycles. The van der Waals surface area contributed by atoms with Crippen LogP contribution in [0, 0.1) is 5.41 Å². The maximum atomic E-state index is 12.8. The van der Waals surface area contributed by atoms with Crippen LogP contribution in [-0.4, -0.2) is 49.2 Å². The number of aliphatic imine (C=N–C) groups is 1. The lowest BCUT2D eigenvalue weighted by Gasteiger charge is -2.27. The predicted octanol–water partition coefficient (Wildman–Crippen LogP) is 5.47. The molecular weight excluding hydrogens is 502 g/mol. The van der Waals surface area contributed by atoms with Crippen LogP contribution in [-0.2, 0) is 4.79 Å². The van der Waals surface area contributed by atoms with Crippen molar-refractivity contribution in [2.45, 2.75) is 0 Å². The van der Waals surface area contributed by atoms with Gasteiger partial charge in [0.1, 0.15) is 30.5 Å². The lowest BCUT2D eigenvalue weighted by Crippen LogP contribution is -2.38. The first-order valence-corrected chi connectivity index (χ1v) is 12.7. The van der Waals surface area contributed by atoms with Crippen LogP contribution in [0.4, 0.5) is 0 Å². The van der Waals surface area contributed by atoms with Gasteiger partial charge in [-0.3, -0.25) is 15.1 Å². The summed E-state index contributed by atoms with van der Waals surface area (Å²) >= 11 is 1.33. The van der Waals surface area contributed by atoms with Gasteiger partial charge in [0.05, 0.1) is 25.5 Å². The van der Waals surface area contributed by atoms with Crippen molar-refractivity contribution in [2.24, 2.45) is 4.99 Å². The summed E-state index contributed by atoms with van der Waals surface area (Å²) < 4.78 is 22.3. The Bertz CT molecular complexity index is 1470. The SMILES string of the molecule is COc1cccc(OCCOc2ccc(C=C3C(=N)N4C(c5ccccc5)=CSC4=NC3=O)cc2OC)c1. The molecule has 0 unspecified atom stereocenters. The van der Waals surface area contributed by atoms with E-state index < -0.39 is 5.91 Å². The highest BCUT2D eigenvalue weighted by atomic mass is 32.2. The number of benzene rings is 3. The molecule has 9 heteroatoms. The number of thioether (sulfide) groups is 1. The first-order chi connectivity index (χ1) is 18.6. The molecule has 1 amide bonds. The highest BCUT2D eigenvalue weighted by molar-refractivity contribution is 8.17. The fraction of sp³-hybridized carbons (Fsp3) is 0.138. The van der Waals surface area contributed by atoms with E-state index >= 15 is 0 Å². The molecule has 0 spiro atoms. The lowest BCUT2D eigenvalue weighted by molar-refractivity contribution is -0.114. The summed E-state index contributed by atoms with van der Waals surface area (Å²) in [5.74, 6) is 2.08. The van der Waals surface area contributed by atoms with Gasteiger partial charge in [0.15, 0.2) is 16.7 Å². The Hall–Kier alpha value is -4.50. The van der Waals surface area contributed by atoms with Gasteiger partial charge in [-0.15, -0.1) is 0 Å². The Labute approximate surface area is 224 Å². The van der Waals surface area contributed by atoms with Crippen LogP contribution in [0.25, 0.3) is 11.8 Å². The van der Waals surface area contributed by atoms with Crippen molar-refractivity contribution >= 4 is 40.4 Å². The summed E-state index contributed by atoms with van der Waals surface area (Å²) in [7, 11) is 3.16. The van der Waals surface area contributed by atoms with Gasteiger partial charge in [0.25, 0.3) is 5.91 Å². The third kappa shape index (κ3) is 5.28. The van der Waals surface area contributed by atoms with Crippen LogP contribution >= 0.6 is 11.8 Å². The van der Waals surface area contributed by atoms with Crippen molar-refractivity contribution in [3.8, 4) is 23.0 Å². The third-order valence-electron chi connectivity index (χ3n) is 5.83. The number of nitrogens with zero attached hydrogens (tertiary/aromatic N) is 2. The van der Waals surface area contributed by atoms with Gasteiger partial charge in [-0.25, -0.2) is 0 Å². The molecule has 0 atom stereocenters. The first-order valence-electron chi connectivity index (χ1n) is 11.8. The molecule has 0 aromatic heterocycles. The minimum Gasteiger partial charge on any atom is -0.497 e. The minimum absolute atomic E-state index is 0.0779. The minimum atomic E-state index is -0.453. The molecule has 8 nitrogen and oxygen atoms in total. The van der Waals surface area contributed by atoms with Gasteiger partial charge in [-0.2, -0.15) is 4.99 Å². The number of carbonyl (C=O) groups is 1. The lowest BCUT2D eigenvalue weighted by atomic mass is 10.1. The number of hydrogen-bond acceptors (Lipinski definition) is 7. The number of rotatable bonds is 9. The van der Waals surface area contributed by atoms with Crippen LogP contribution in [0.2, 0.25) is 0 Å².